The van der Waals surface area contributed by atoms with Crippen LogP contribution in [0, 0.1) is 0 Å². The summed E-state index contributed by atoms with van der Waals surface area (Å²) >= 11 is 0. The second-order valence-electron chi connectivity index (χ2n) is 1.31. The number of hydrazine groups is 1. The van der Waals surface area contributed by atoms with Crippen molar-refractivity contribution in [2.45, 2.75) is 0 Å². The molecule has 0 bridgehead atoms. The number of rotatable bonds is 0. The van der Waals surface area contributed by atoms with E-state index in [-0.39, 0.29) is 0 Å². The van der Waals surface area contributed by atoms with Crippen molar-refractivity contribution in [2.75, 3.05) is 6.54 Å². The van der Waals surface area contributed by atoms with Gasteiger partial charge in [0.15, 0.2) is 0 Å². The Balaban J connectivity index is 2.39. The first-order valence-corrected chi connectivity index (χ1v) is 2.30. The lowest BCUT2D eigenvalue weighted by molar-refractivity contribution is 0.687. The van der Waals surface area contributed by atoms with Gasteiger partial charge in [0, 0.05) is 12.7 Å². The average molecular weight is 96.1 g/mol. The van der Waals surface area contributed by atoms with Crippen LogP contribution in [-0.2, 0) is 0 Å². The highest BCUT2D eigenvalue weighted by Crippen LogP contribution is 1.75. The first-order valence-electron chi connectivity index (χ1n) is 2.30. The van der Waals surface area contributed by atoms with Gasteiger partial charge in [-0.25, -0.2) is 5.43 Å². The molecule has 0 aromatic rings. The van der Waals surface area contributed by atoms with E-state index in [4.69, 9.17) is 0 Å². The first-order chi connectivity index (χ1) is 3.50. The molecule has 0 unspecified atom stereocenters. The molecule has 0 spiro atoms. The zero-order valence-electron chi connectivity index (χ0n) is 4.02. The van der Waals surface area contributed by atoms with Gasteiger partial charge in [-0.05, 0) is 6.08 Å². The molecule has 2 N–H and O–H groups in total. The van der Waals surface area contributed by atoms with E-state index in [1.807, 2.05) is 24.4 Å². The standard InChI is InChI=1S/C5H8N2/c1-2-4-6-7-5-3-1/h1-4,6-7H,5H2. The van der Waals surface area contributed by atoms with Crippen molar-refractivity contribution >= 4 is 0 Å². The zero-order valence-corrected chi connectivity index (χ0v) is 4.02. The van der Waals surface area contributed by atoms with Gasteiger partial charge < -0.3 is 5.43 Å². The molecule has 1 aliphatic rings. The summed E-state index contributed by atoms with van der Waals surface area (Å²) in [6.45, 7) is 0.896. The van der Waals surface area contributed by atoms with Gasteiger partial charge in [0.25, 0.3) is 0 Å². The molecule has 0 atom stereocenters. The predicted octanol–water partition coefficient (Wildman–Crippen LogP) is 0.164. The molecule has 2 heteroatoms. The highest BCUT2D eigenvalue weighted by atomic mass is 15.3. The highest BCUT2D eigenvalue weighted by Gasteiger charge is 1.75. The minimum absolute atomic E-state index is 0.896. The summed E-state index contributed by atoms with van der Waals surface area (Å²) in [5.74, 6) is 0. The molecular weight excluding hydrogens is 88.1 g/mol. The van der Waals surface area contributed by atoms with E-state index >= 15 is 0 Å². The number of allylic oxidation sites excluding steroid dienone is 2. The summed E-state index contributed by atoms with van der Waals surface area (Å²) in [6.07, 6.45) is 7.83. The molecular formula is C5H8N2. The van der Waals surface area contributed by atoms with Crippen LogP contribution in [-0.4, -0.2) is 6.54 Å². The fourth-order valence-electron chi connectivity index (χ4n) is 0.427. The third kappa shape index (κ3) is 1.41. The topological polar surface area (TPSA) is 24.1 Å². The van der Waals surface area contributed by atoms with E-state index in [1.54, 1.807) is 0 Å². The summed E-state index contributed by atoms with van der Waals surface area (Å²) in [5.41, 5.74) is 5.78. The average Bonchev–Trinajstić information content (AvgIpc) is 1.90. The maximum Gasteiger partial charge on any atom is 0.0331 e. The van der Waals surface area contributed by atoms with Gasteiger partial charge in [-0.15, -0.1) is 0 Å². The van der Waals surface area contributed by atoms with Crippen molar-refractivity contribution in [3.05, 3.63) is 24.4 Å². The molecule has 1 aliphatic heterocycles. The Morgan fingerprint density at radius 1 is 1.29 bits per heavy atom. The minimum Gasteiger partial charge on any atom is -0.328 e. The third-order valence-corrected chi connectivity index (χ3v) is 0.749. The molecule has 0 saturated heterocycles. The quantitative estimate of drug-likeness (QED) is 0.449. The molecule has 0 amide bonds. The fraction of sp³-hybridized carbons (Fsp3) is 0.200. The zero-order chi connectivity index (χ0) is 4.95. The maximum absolute atomic E-state index is 2.92. The molecule has 0 aromatic carbocycles. The smallest absolute Gasteiger partial charge is 0.0331 e. The number of nitrogens with one attached hydrogen (secondary N) is 2. The van der Waals surface area contributed by atoms with Gasteiger partial charge >= 0.3 is 0 Å². The lowest BCUT2D eigenvalue weighted by Gasteiger charge is -1.93. The van der Waals surface area contributed by atoms with Crippen LogP contribution >= 0.6 is 0 Å². The fourth-order valence-corrected chi connectivity index (χ4v) is 0.427. The van der Waals surface area contributed by atoms with Crippen LogP contribution in [0.25, 0.3) is 0 Å². The SMILES string of the molecule is C1=CCNNC=C1. The van der Waals surface area contributed by atoms with Gasteiger partial charge in [-0.2, -0.15) is 0 Å². The molecule has 1 heterocycles. The molecule has 1 rings (SSSR count). The van der Waals surface area contributed by atoms with Gasteiger partial charge in [0.05, 0.1) is 0 Å². The highest BCUT2D eigenvalue weighted by molar-refractivity contribution is 5.03. The lowest BCUT2D eigenvalue weighted by atomic mass is 10.5. The Kier molecular flexibility index (Phi) is 1.52. The number of hydrogen-bond acceptors (Lipinski definition) is 2. The van der Waals surface area contributed by atoms with Crippen molar-refractivity contribution in [1.29, 1.82) is 0 Å². The summed E-state index contributed by atoms with van der Waals surface area (Å²) < 4.78 is 0. The Morgan fingerprint density at radius 3 is 3.29 bits per heavy atom. The van der Waals surface area contributed by atoms with Gasteiger partial charge in [-0.1, -0.05) is 12.2 Å². The van der Waals surface area contributed by atoms with E-state index in [1.165, 1.54) is 0 Å². The molecule has 0 saturated carbocycles. The largest absolute Gasteiger partial charge is 0.328 e. The van der Waals surface area contributed by atoms with Crippen molar-refractivity contribution < 1.29 is 0 Å². The summed E-state index contributed by atoms with van der Waals surface area (Å²) in [6, 6.07) is 0. The molecule has 0 fully saturated rings. The molecule has 38 valence electrons. The third-order valence-electron chi connectivity index (χ3n) is 0.749. The van der Waals surface area contributed by atoms with Crippen LogP contribution in [0.15, 0.2) is 24.4 Å². The van der Waals surface area contributed by atoms with E-state index in [0.29, 0.717) is 0 Å². The van der Waals surface area contributed by atoms with E-state index < -0.39 is 0 Å². The van der Waals surface area contributed by atoms with Crippen molar-refractivity contribution in [3.8, 4) is 0 Å². The summed E-state index contributed by atoms with van der Waals surface area (Å²) in [4.78, 5) is 0. The van der Waals surface area contributed by atoms with Crippen molar-refractivity contribution in [1.82, 2.24) is 10.9 Å². The van der Waals surface area contributed by atoms with Crippen molar-refractivity contribution in [2.24, 2.45) is 0 Å². The van der Waals surface area contributed by atoms with E-state index in [0.717, 1.165) is 6.54 Å². The minimum atomic E-state index is 0.896. The van der Waals surface area contributed by atoms with Crippen LogP contribution in [0.5, 0.6) is 0 Å². The van der Waals surface area contributed by atoms with Crippen LogP contribution in [0.3, 0.4) is 0 Å². The Hall–Kier alpha value is -0.760. The van der Waals surface area contributed by atoms with Crippen LogP contribution in [0.1, 0.15) is 0 Å². The molecule has 7 heavy (non-hydrogen) atoms. The van der Waals surface area contributed by atoms with E-state index in [9.17, 15) is 0 Å². The van der Waals surface area contributed by atoms with Crippen LogP contribution in [0.4, 0.5) is 0 Å². The Bertz CT molecular complexity index is 82.3. The first kappa shape index (κ1) is 4.40. The predicted molar refractivity (Wildman–Crippen MR) is 29.4 cm³/mol. The van der Waals surface area contributed by atoms with Gasteiger partial charge in [0.2, 0.25) is 0 Å². The molecule has 0 radical (unpaired) electrons. The normalized spacial score (nSPS) is 18.3. The Morgan fingerprint density at radius 2 is 2.29 bits per heavy atom. The second kappa shape index (κ2) is 2.42. The maximum atomic E-state index is 2.92. The van der Waals surface area contributed by atoms with Gasteiger partial charge in [-0.3, -0.25) is 0 Å². The number of hydrogen-bond donors (Lipinski definition) is 2. The summed E-state index contributed by atoms with van der Waals surface area (Å²) in [5, 5.41) is 0. The summed E-state index contributed by atoms with van der Waals surface area (Å²) in [7, 11) is 0. The van der Waals surface area contributed by atoms with Crippen molar-refractivity contribution in [3.63, 3.8) is 0 Å². The second-order valence-corrected chi connectivity index (χ2v) is 1.31. The van der Waals surface area contributed by atoms with E-state index in [2.05, 4.69) is 10.9 Å². The molecule has 0 aliphatic carbocycles. The van der Waals surface area contributed by atoms with Gasteiger partial charge in [0.1, 0.15) is 0 Å². The monoisotopic (exact) mass is 96.1 g/mol. The molecule has 0 aromatic heterocycles. The van der Waals surface area contributed by atoms with Crippen LogP contribution in [0.2, 0.25) is 0 Å². The lowest BCUT2D eigenvalue weighted by Crippen LogP contribution is -2.25. The molecule has 2 nitrogen and oxygen atoms in total. The van der Waals surface area contributed by atoms with Crippen LogP contribution < -0.4 is 10.9 Å². The Labute approximate surface area is 42.9 Å².